The molecular formula is C75H94S. The average Bonchev–Trinajstić information content (AvgIpc) is 3.81. The van der Waals surface area contributed by atoms with Crippen LogP contribution >= 0.6 is 11.3 Å². The topological polar surface area (TPSA) is 0 Å². The maximum atomic E-state index is 4.29. The van der Waals surface area contributed by atoms with E-state index < -0.39 is 0 Å². The van der Waals surface area contributed by atoms with E-state index in [2.05, 4.69) is 267 Å². The summed E-state index contributed by atoms with van der Waals surface area (Å²) in [6, 6.07) is 52.9. The van der Waals surface area contributed by atoms with Crippen LogP contribution in [0, 0.1) is 55.4 Å². The standard InChI is InChI=1S/C31H32S.C16H18.C11H16.C9H12.C6H10.C2H6/c1-6-22(3)26-15-14-25(24(5)19-26)18-21(2)10-9-11-23(4)27-16-17-31-29(20-27)28-12-7-8-13-30(28)32-31;1-12-8-9-16(14(3)10-12)11-15-7-5-4-6-13(15)2;1-4-10(3)11-7-5-9(2)6-8-11;1-7-5-4-6-8(2)9(7)3;1-4-6(3)5-2;1-2/h7-17,19-20,22H,2,6,18H2,1,3-5H3;4-10H,11H2,1-3H3;5-8,10H,4H2,1-3H3;4-6H,1-3H3;4-5H,1H2,2-3H3;1-2H3/b10-9-,23-11+;;;;6-5-;. The van der Waals surface area contributed by atoms with Crippen molar-refractivity contribution < 1.29 is 0 Å². The lowest BCUT2D eigenvalue weighted by Crippen LogP contribution is -1.96. The smallest absolute Gasteiger partial charge is 0.0355 e. The molecule has 0 spiro atoms. The first kappa shape index (κ1) is 63.8. The number of aryl methyl sites for hydroxylation is 7. The first-order chi connectivity index (χ1) is 36.4. The van der Waals surface area contributed by atoms with Crippen LogP contribution in [0.5, 0.6) is 0 Å². The second kappa shape index (κ2) is 33.5. The van der Waals surface area contributed by atoms with Crippen molar-refractivity contribution >= 4 is 37.1 Å². The maximum Gasteiger partial charge on any atom is 0.0355 e. The fraction of sp³-hybridized carbons (Fsp3) is 0.307. The number of allylic oxidation sites excluding steroid dienone is 8. The molecule has 0 aliphatic heterocycles. The third-order valence-electron chi connectivity index (χ3n) is 14.5. The van der Waals surface area contributed by atoms with Gasteiger partial charge in [0.1, 0.15) is 0 Å². The summed E-state index contributed by atoms with van der Waals surface area (Å²) >= 11 is 1.86. The van der Waals surface area contributed by atoms with Gasteiger partial charge in [0.25, 0.3) is 0 Å². The molecule has 0 saturated heterocycles. The molecule has 1 aromatic heterocycles. The number of benzene rings is 7. The molecule has 0 N–H and O–H groups in total. The fourth-order valence-electron chi connectivity index (χ4n) is 8.36. The van der Waals surface area contributed by atoms with Gasteiger partial charge < -0.3 is 0 Å². The van der Waals surface area contributed by atoms with E-state index in [4.69, 9.17) is 0 Å². The van der Waals surface area contributed by atoms with Crippen molar-refractivity contribution in [2.24, 2.45) is 0 Å². The summed E-state index contributed by atoms with van der Waals surface area (Å²) < 4.78 is 2.70. The Morgan fingerprint density at radius 1 is 0.539 bits per heavy atom. The van der Waals surface area contributed by atoms with Crippen molar-refractivity contribution in [2.45, 2.75) is 155 Å². The molecule has 0 radical (unpaired) electrons. The molecule has 8 rings (SSSR count). The maximum absolute atomic E-state index is 4.29. The van der Waals surface area contributed by atoms with Crippen LogP contribution in [0.4, 0.5) is 0 Å². The van der Waals surface area contributed by atoms with Crippen molar-refractivity contribution in [1.82, 2.24) is 0 Å². The van der Waals surface area contributed by atoms with E-state index in [0.717, 1.165) is 18.4 Å². The highest BCUT2D eigenvalue weighted by molar-refractivity contribution is 7.25. The summed E-state index contributed by atoms with van der Waals surface area (Å²) in [7, 11) is 0. The molecule has 0 fully saturated rings. The molecule has 0 amide bonds. The molecule has 0 aliphatic carbocycles. The number of fused-ring (bicyclic) bond motifs is 3. The van der Waals surface area contributed by atoms with Gasteiger partial charge in [-0.2, -0.15) is 0 Å². The molecular weight excluding hydrogens is 933 g/mol. The Labute approximate surface area is 467 Å². The van der Waals surface area contributed by atoms with Gasteiger partial charge in [0, 0.05) is 20.2 Å². The van der Waals surface area contributed by atoms with Crippen LogP contribution in [-0.2, 0) is 12.8 Å². The lowest BCUT2D eigenvalue weighted by Gasteiger charge is -2.13. The molecule has 76 heavy (non-hydrogen) atoms. The van der Waals surface area contributed by atoms with E-state index in [0.29, 0.717) is 11.8 Å². The van der Waals surface area contributed by atoms with Gasteiger partial charge in [-0.15, -0.1) is 11.3 Å². The molecule has 1 heteroatoms. The minimum Gasteiger partial charge on any atom is -0.135 e. The van der Waals surface area contributed by atoms with Gasteiger partial charge in [-0.1, -0.05) is 235 Å². The van der Waals surface area contributed by atoms with Crippen molar-refractivity contribution in [1.29, 1.82) is 0 Å². The summed E-state index contributed by atoms with van der Waals surface area (Å²) in [4.78, 5) is 0. The normalized spacial score (nSPS) is 11.8. The molecule has 0 saturated carbocycles. The van der Waals surface area contributed by atoms with Gasteiger partial charge in [0.05, 0.1) is 0 Å². The molecule has 1 heterocycles. The van der Waals surface area contributed by atoms with Crippen molar-refractivity contribution in [2.75, 3.05) is 0 Å². The van der Waals surface area contributed by atoms with E-state index in [9.17, 15) is 0 Å². The number of hydrogen-bond acceptors (Lipinski definition) is 1. The Kier molecular flexibility index (Phi) is 28.1. The van der Waals surface area contributed by atoms with Crippen molar-refractivity contribution in [3.8, 4) is 0 Å². The first-order valence-corrected chi connectivity index (χ1v) is 28.7. The van der Waals surface area contributed by atoms with Gasteiger partial charge in [-0.25, -0.2) is 0 Å². The molecule has 7 aromatic carbocycles. The highest BCUT2D eigenvalue weighted by Gasteiger charge is 2.08. The summed E-state index contributed by atoms with van der Waals surface area (Å²) in [6.45, 7) is 44.4. The van der Waals surface area contributed by atoms with Gasteiger partial charge in [-0.05, 0) is 204 Å². The third kappa shape index (κ3) is 20.5. The predicted molar refractivity (Wildman–Crippen MR) is 346 cm³/mol. The Morgan fingerprint density at radius 2 is 1.08 bits per heavy atom. The van der Waals surface area contributed by atoms with Crippen LogP contribution < -0.4 is 0 Å². The highest BCUT2D eigenvalue weighted by Crippen LogP contribution is 2.35. The van der Waals surface area contributed by atoms with E-state index >= 15 is 0 Å². The first-order valence-electron chi connectivity index (χ1n) is 27.9. The zero-order valence-electron chi connectivity index (χ0n) is 50.0. The van der Waals surface area contributed by atoms with Crippen LogP contribution in [0.1, 0.15) is 165 Å². The Morgan fingerprint density at radius 3 is 1.66 bits per heavy atom. The Hall–Kier alpha value is -6.54. The Bertz CT molecular complexity index is 3120. The summed E-state index contributed by atoms with van der Waals surface area (Å²) in [5.74, 6) is 1.32. The number of rotatable bonds is 12. The molecule has 0 nitrogen and oxygen atoms in total. The zero-order valence-corrected chi connectivity index (χ0v) is 50.9. The van der Waals surface area contributed by atoms with E-state index in [1.807, 2.05) is 51.2 Å². The van der Waals surface area contributed by atoms with Crippen LogP contribution in [-0.4, -0.2) is 0 Å². The molecule has 400 valence electrons. The van der Waals surface area contributed by atoms with Crippen LogP contribution in [0.25, 0.3) is 25.7 Å². The molecule has 2 unspecified atom stereocenters. The lowest BCUT2D eigenvalue weighted by molar-refractivity contribution is 0.732. The quantitative estimate of drug-likeness (QED) is 0.107. The van der Waals surface area contributed by atoms with Crippen LogP contribution in [0.15, 0.2) is 200 Å². The second-order valence-electron chi connectivity index (χ2n) is 20.4. The summed E-state index contributed by atoms with van der Waals surface area (Å²) in [5, 5.41) is 2.70. The van der Waals surface area contributed by atoms with Gasteiger partial charge in [0.15, 0.2) is 0 Å². The van der Waals surface area contributed by atoms with Crippen LogP contribution in [0.2, 0.25) is 0 Å². The van der Waals surface area contributed by atoms with E-state index in [1.54, 1.807) is 0 Å². The van der Waals surface area contributed by atoms with Gasteiger partial charge in [-0.3, -0.25) is 0 Å². The third-order valence-corrected chi connectivity index (χ3v) is 15.7. The van der Waals surface area contributed by atoms with Crippen molar-refractivity contribution in [3.63, 3.8) is 0 Å². The summed E-state index contributed by atoms with van der Waals surface area (Å²) in [5.41, 5.74) is 23.0. The SMILES string of the molecule is C=C(/C=C\C=C(/C)c1ccc2sc3ccccc3c2c1)Cc1ccc(C(C)CC)cc1C.C=C/C(C)=C\C.CC.CCC(C)c1ccc(C)cc1.Cc1ccc(Cc2ccccc2C)c(C)c1.Cc1cccc(C)c1C. The highest BCUT2D eigenvalue weighted by atomic mass is 32.1. The fourth-order valence-corrected chi connectivity index (χ4v) is 9.45. The molecule has 2 atom stereocenters. The van der Waals surface area contributed by atoms with Crippen molar-refractivity contribution in [3.05, 3.63) is 278 Å². The molecule has 0 bridgehead atoms. The van der Waals surface area contributed by atoms with E-state index in [-0.39, 0.29) is 0 Å². The molecule has 0 aliphatic rings. The Balaban J connectivity index is 0.000000286. The van der Waals surface area contributed by atoms with E-state index in [1.165, 1.54) is 122 Å². The summed E-state index contributed by atoms with van der Waals surface area (Å²) in [6.07, 6.45) is 14.7. The predicted octanol–water partition coefficient (Wildman–Crippen LogP) is 23.1. The largest absolute Gasteiger partial charge is 0.135 e. The lowest BCUT2D eigenvalue weighted by atomic mass is 9.93. The molecule has 8 aromatic rings. The minimum absolute atomic E-state index is 0.616. The monoisotopic (exact) mass is 1030 g/mol. The number of thiophene rings is 1. The van der Waals surface area contributed by atoms with Gasteiger partial charge >= 0.3 is 0 Å². The zero-order chi connectivity index (χ0) is 56.3. The average molecular weight is 1030 g/mol. The van der Waals surface area contributed by atoms with Gasteiger partial charge in [0.2, 0.25) is 0 Å². The minimum atomic E-state index is 0.616. The number of hydrogen-bond donors (Lipinski definition) is 0. The second-order valence-corrected chi connectivity index (χ2v) is 21.4. The van der Waals surface area contributed by atoms with Crippen LogP contribution in [0.3, 0.4) is 0 Å².